The third-order valence-electron chi connectivity index (χ3n) is 3.62. The highest BCUT2D eigenvalue weighted by Gasteiger charge is 2.20. The maximum atomic E-state index is 12.4. The van der Waals surface area contributed by atoms with Gasteiger partial charge in [0.2, 0.25) is 11.8 Å². The highest BCUT2D eigenvalue weighted by Crippen LogP contribution is 2.23. The molecule has 0 aliphatic heterocycles. The molecule has 9 nitrogen and oxygen atoms in total. The number of aromatic nitrogens is 3. The van der Waals surface area contributed by atoms with Crippen LogP contribution in [0.3, 0.4) is 0 Å². The summed E-state index contributed by atoms with van der Waals surface area (Å²) in [7, 11) is 1.73. The highest BCUT2D eigenvalue weighted by atomic mass is 32.2. The number of ether oxygens (including phenoxy) is 1. The molecular weight excluding hydrogens is 370 g/mol. The molecule has 0 saturated carbocycles. The smallest absolute Gasteiger partial charge is 0.313 e. The molecule has 10 heteroatoms. The first-order chi connectivity index (χ1) is 12.8. The van der Waals surface area contributed by atoms with Crippen molar-refractivity contribution < 1.29 is 19.1 Å². The first kappa shape index (κ1) is 20.4. The highest BCUT2D eigenvalue weighted by molar-refractivity contribution is 8.00. The predicted molar refractivity (Wildman–Crippen MR) is 100 cm³/mol. The van der Waals surface area contributed by atoms with Crippen LogP contribution in [-0.4, -0.2) is 44.4 Å². The number of nitrogens with one attached hydrogen (secondary N) is 1. The van der Waals surface area contributed by atoms with Crippen LogP contribution in [0.15, 0.2) is 29.4 Å². The van der Waals surface area contributed by atoms with Crippen LogP contribution in [0.2, 0.25) is 0 Å². The number of amides is 2. The number of hydrogen-bond acceptors (Lipinski definition) is 7. The van der Waals surface area contributed by atoms with E-state index >= 15 is 0 Å². The lowest BCUT2D eigenvalue weighted by Crippen LogP contribution is -2.23. The van der Waals surface area contributed by atoms with Crippen molar-refractivity contribution in [2.75, 3.05) is 11.9 Å². The summed E-state index contributed by atoms with van der Waals surface area (Å²) < 4.78 is 6.56. The van der Waals surface area contributed by atoms with Gasteiger partial charge in [-0.2, -0.15) is 0 Å². The van der Waals surface area contributed by atoms with Crippen LogP contribution in [0.5, 0.6) is 0 Å². The number of hydrogen-bond donors (Lipinski definition) is 2. The van der Waals surface area contributed by atoms with Gasteiger partial charge in [-0.15, -0.1) is 10.2 Å². The SMILES string of the molecule is CCOC(=O)Cc1nnc(S[C@@H](C)C(=O)Nc2ccc(C(N)=O)cc2)n1C. The van der Waals surface area contributed by atoms with E-state index in [0.717, 1.165) is 0 Å². The van der Waals surface area contributed by atoms with Gasteiger partial charge in [0.05, 0.1) is 11.9 Å². The molecule has 2 amide bonds. The van der Waals surface area contributed by atoms with E-state index in [4.69, 9.17) is 10.5 Å². The molecule has 2 rings (SSSR count). The molecule has 3 N–H and O–H groups in total. The van der Waals surface area contributed by atoms with Crippen LogP contribution in [0.25, 0.3) is 0 Å². The second-order valence-corrected chi connectivity index (χ2v) is 6.94. The maximum Gasteiger partial charge on any atom is 0.313 e. The van der Waals surface area contributed by atoms with Crippen molar-refractivity contribution >= 4 is 35.2 Å². The number of carbonyl (C=O) groups is 3. The van der Waals surface area contributed by atoms with Gasteiger partial charge in [-0.25, -0.2) is 0 Å². The number of anilines is 1. The first-order valence-electron chi connectivity index (χ1n) is 8.23. The van der Waals surface area contributed by atoms with Crippen LogP contribution in [0, 0.1) is 0 Å². The van der Waals surface area contributed by atoms with Gasteiger partial charge in [0.25, 0.3) is 0 Å². The summed E-state index contributed by atoms with van der Waals surface area (Å²) in [5.41, 5.74) is 6.11. The fourth-order valence-electron chi connectivity index (χ4n) is 2.12. The molecule has 0 unspecified atom stereocenters. The lowest BCUT2D eigenvalue weighted by molar-refractivity contribution is -0.142. The van der Waals surface area contributed by atoms with Crippen LogP contribution < -0.4 is 11.1 Å². The molecule has 1 heterocycles. The average Bonchev–Trinajstić information content (AvgIpc) is 2.95. The fourth-order valence-corrected chi connectivity index (χ4v) is 2.95. The van der Waals surface area contributed by atoms with Crippen LogP contribution in [0.4, 0.5) is 5.69 Å². The molecule has 0 fully saturated rings. The zero-order chi connectivity index (χ0) is 20.0. The number of esters is 1. The molecule has 27 heavy (non-hydrogen) atoms. The van der Waals surface area contributed by atoms with E-state index in [0.29, 0.717) is 28.8 Å². The van der Waals surface area contributed by atoms with E-state index in [2.05, 4.69) is 15.5 Å². The Bertz CT molecular complexity index is 834. The second kappa shape index (κ2) is 9.17. The zero-order valence-electron chi connectivity index (χ0n) is 15.3. The van der Waals surface area contributed by atoms with Gasteiger partial charge >= 0.3 is 5.97 Å². The normalized spacial score (nSPS) is 11.7. The topological polar surface area (TPSA) is 129 Å². The number of carbonyl (C=O) groups excluding carboxylic acids is 3. The summed E-state index contributed by atoms with van der Waals surface area (Å²) >= 11 is 1.22. The van der Waals surface area contributed by atoms with Crippen LogP contribution in [-0.2, 0) is 27.8 Å². The molecule has 144 valence electrons. The van der Waals surface area contributed by atoms with Crippen LogP contribution in [0.1, 0.15) is 30.0 Å². The Morgan fingerprint density at radius 2 is 1.93 bits per heavy atom. The summed E-state index contributed by atoms with van der Waals surface area (Å²) in [6.45, 7) is 3.77. The van der Waals surface area contributed by atoms with E-state index in [1.807, 2.05) is 0 Å². The standard InChI is InChI=1S/C17H21N5O4S/c1-4-26-14(23)9-13-20-21-17(22(13)3)27-10(2)16(25)19-12-7-5-11(6-8-12)15(18)24/h5-8,10H,4,9H2,1-3H3,(H2,18,24)(H,19,25)/t10-/m0/s1. The number of nitrogens with zero attached hydrogens (tertiary/aromatic N) is 3. The minimum absolute atomic E-state index is 0.0185. The summed E-state index contributed by atoms with van der Waals surface area (Å²) in [5.74, 6) is -0.681. The fraction of sp³-hybridized carbons (Fsp3) is 0.353. The molecule has 0 aliphatic carbocycles. The number of primary amides is 1. The molecule has 0 spiro atoms. The summed E-state index contributed by atoms with van der Waals surface area (Å²) in [6.07, 6.45) is 0.0185. The number of thioether (sulfide) groups is 1. The summed E-state index contributed by atoms with van der Waals surface area (Å²) in [5, 5.41) is 10.8. The predicted octanol–water partition coefficient (Wildman–Crippen LogP) is 1.14. The lowest BCUT2D eigenvalue weighted by Gasteiger charge is -2.12. The summed E-state index contributed by atoms with van der Waals surface area (Å²) in [6, 6.07) is 6.30. The Morgan fingerprint density at radius 1 is 1.26 bits per heavy atom. The Labute approximate surface area is 160 Å². The summed E-state index contributed by atoms with van der Waals surface area (Å²) in [4.78, 5) is 35.0. The molecule has 0 saturated heterocycles. The van der Waals surface area contributed by atoms with Crippen molar-refractivity contribution in [2.45, 2.75) is 30.7 Å². The molecule has 1 atom stereocenters. The molecule has 1 aromatic carbocycles. The lowest BCUT2D eigenvalue weighted by atomic mass is 10.2. The van der Waals surface area contributed by atoms with Crippen molar-refractivity contribution in [3.8, 4) is 0 Å². The van der Waals surface area contributed by atoms with Gasteiger partial charge in [0, 0.05) is 18.3 Å². The molecule has 1 aromatic heterocycles. The van der Waals surface area contributed by atoms with Gasteiger partial charge in [0.1, 0.15) is 12.2 Å². The number of rotatable bonds is 8. The molecule has 0 radical (unpaired) electrons. The van der Waals surface area contributed by atoms with Crippen molar-refractivity contribution in [1.29, 1.82) is 0 Å². The van der Waals surface area contributed by atoms with E-state index in [9.17, 15) is 14.4 Å². The monoisotopic (exact) mass is 391 g/mol. The van der Waals surface area contributed by atoms with E-state index in [1.165, 1.54) is 11.8 Å². The zero-order valence-corrected chi connectivity index (χ0v) is 16.1. The minimum Gasteiger partial charge on any atom is -0.466 e. The largest absolute Gasteiger partial charge is 0.466 e. The Balaban J connectivity index is 1.97. The second-order valence-electron chi connectivity index (χ2n) is 5.63. The van der Waals surface area contributed by atoms with Crippen molar-refractivity contribution in [2.24, 2.45) is 12.8 Å². The third-order valence-corrected chi connectivity index (χ3v) is 4.76. The van der Waals surface area contributed by atoms with E-state index in [1.54, 1.807) is 49.7 Å². The molecule has 0 bridgehead atoms. The quantitative estimate of drug-likeness (QED) is 0.510. The van der Waals surface area contributed by atoms with Crippen molar-refractivity contribution in [1.82, 2.24) is 14.8 Å². The van der Waals surface area contributed by atoms with Crippen molar-refractivity contribution in [3.63, 3.8) is 0 Å². The first-order valence-corrected chi connectivity index (χ1v) is 9.11. The molecule has 2 aromatic rings. The van der Waals surface area contributed by atoms with Crippen molar-refractivity contribution in [3.05, 3.63) is 35.7 Å². The Kier molecular flexibility index (Phi) is 6.94. The maximum absolute atomic E-state index is 12.4. The van der Waals surface area contributed by atoms with Gasteiger partial charge in [-0.3, -0.25) is 14.4 Å². The van der Waals surface area contributed by atoms with Crippen LogP contribution >= 0.6 is 11.8 Å². The van der Waals surface area contributed by atoms with Gasteiger partial charge in [-0.05, 0) is 38.1 Å². The third kappa shape index (κ3) is 5.55. The molecular formula is C17H21N5O4S. The minimum atomic E-state index is -0.530. The van der Waals surface area contributed by atoms with E-state index in [-0.39, 0.29) is 18.3 Å². The number of nitrogens with two attached hydrogens (primary N) is 1. The average molecular weight is 391 g/mol. The van der Waals surface area contributed by atoms with Gasteiger partial charge in [0.15, 0.2) is 5.16 Å². The van der Waals surface area contributed by atoms with Gasteiger partial charge < -0.3 is 20.4 Å². The number of benzene rings is 1. The Morgan fingerprint density at radius 3 is 2.52 bits per heavy atom. The van der Waals surface area contributed by atoms with E-state index < -0.39 is 11.2 Å². The Hall–Kier alpha value is -2.88. The molecule has 0 aliphatic rings. The van der Waals surface area contributed by atoms with Gasteiger partial charge in [-0.1, -0.05) is 11.8 Å².